The third-order valence-corrected chi connectivity index (χ3v) is 5.61. The Morgan fingerprint density at radius 3 is 2.52 bits per heavy atom. The number of aromatic nitrogens is 2. The number of carbonyl (C=O) groups excluding carboxylic acids is 2. The predicted molar refractivity (Wildman–Crippen MR) is 88.9 cm³/mol. The van der Waals surface area contributed by atoms with Crippen molar-refractivity contribution < 1.29 is 14.0 Å². The second kappa shape index (κ2) is 6.20. The van der Waals surface area contributed by atoms with Crippen LogP contribution in [0.15, 0.2) is 18.5 Å². The molecule has 7 heteroatoms. The number of nitrogens with zero attached hydrogens (tertiary/aromatic N) is 3. The van der Waals surface area contributed by atoms with Crippen molar-refractivity contribution in [2.24, 2.45) is 23.7 Å². The van der Waals surface area contributed by atoms with Crippen LogP contribution in [0.5, 0.6) is 0 Å². The SMILES string of the molecule is CCc1ncnc(NCCCN2C(=O)C3C4C=CC(C4)C3C2=O)c1F. The average molecular weight is 344 g/mol. The first-order valence-electron chi connectivity index (χ1n) is 8.88. The van der Waals surface area contributed by atoms with Crippen LogP contribution in [0.1, 0.15) is 25.5 Å². The number of fused-ring (bicyclic) bond motifs is 5. The first-order chi connectivity index (χ1) is 12.1. The minimum absolute atomic E-state index is 0.0339. The molecule has 4 rings (SSSR count). The third kappa shape index (κ3) is 2.53. The van der Waals surface area contributed by atoms with Crippen LogP contribution < -0.4 is 5.32 Å². The summed E-state index contributed by atoms with van der Waals surface area (Å²) in [5, 5.41) is 2.93. The fourth-order valence-electron chi connectivity index (χ4n) is 4.40. The minimum atomic E-state index is -0.435. The normalized spacial score (nSPS) is 29.6. The minimum Gasteiger partial charge on any atom is -0.367 e. The number of imide groups is 1. The van der Waals surface area contributed by atoms with Crippen LogP contribution in [-0.4, -0.2) is 39.8 Å². The molecule has 132 valence electrons. The van der Waals surface area contributed by atoms with Crippen molar-refractivity contribution in [1.29, 1.82) is 0 Å². The Bertz CT molecular complexity index is 721. The van der Waals surface area contributed by atoms with E-state index >= 15 is 0 Å². The standard InChI is InChI=1S/C18H21FN4O2/c1-2-12-15(19)16(22-9-21-12)20-6-3-7-23-17(24)13-10-4-5-11(8-10)14(13)18(23)25/h4-5,9-11,13-14H,2-3,6-8H2,1H3,(H,20,21,22). The number of anilines is 1. The number of likely N-dealkylation sites (tertiary alicyclic amines) is 1. The largest absolute Gasteiger partial charge is 0.367 e. The molecule has 1 aromatic rings. The quantitative estimate of drug-likeness (QED) is 0.484. The molecule has 0 aromatic carbocycles. The van der Waals surface area contributed by atoms with Gasteiger partial charge >= 0.3 is 0 Å². The van der Waals surface area contributed by atoms with Crippen molar-refractivity contribution in [2.45, 2.75) is 26.2 Å². The lowest BCUT2D eigenvalue weighted by molar-refractivity contribution is -0.140. The number of amides is 2. The number of hydrogen-bond donors (Lipinski definition) is 1. The van der Waals surface area contributed by atoms with Gasteiger partial charge in [0.1, 0.15) is 6.33 Å². The van der Waals surface area contributed by atoms with Gasteiger partial charge in [0.05, 0.1) is 17.5 Å². The van der Waals surface area contributed by atoms with E-state index in [1.165, 1.54) is 11.2 Å². The van der Waals surface area contributed by atoms with Gasteiger partial charge in [-0.25, -0.2) is 14.4 Å². The average Bonchev–Trinajstić information content (AvgIpc) is 3.29. The van der Waals surface area contributed by atoms with Crippen molar-refractivity contribution in [3.63, 3.8) is 0 Å². The molecule has 1 aromatic heterocycles. The summed E-state index contributed by atoms with van der Waals surface area (Å²) >= 11 is 0. The maximum Gasteiger partial charge on any atom is 0.233 e. The van der Waals surface area contributed by atoms with Gasteiger partial charge in [-0.3, -0.25) is 14.5 Å². The summed E-state index contributed by atoms with van der Waals surface area (Å²) in [5.74, 6) is -0.166. The molecule has 1 saturated carbocycles. The van der Waals surface area contributed by atoms with Crippen LogP contribution in [-0.2, 0) is 16.0 Å². The summed E-state index contributed by atoms with van der Waals surface area (Å²) in [7, 11) is 0. The molecule has 4 atom stereocenters. The zero-order valence-electron chi connectivity index (χ0n) is 14.1. The molecule has 1 aliphatic heterocycles. The van der Waals surface area contributed by atoms with E-state index in [4.69, 9.17) is 0 Å². The number of nitrogens with one attached hydrogen (secondary N) is 1. The molecule has 1 saturated heterocycles. The van der Waals surface area contributed by atoms with E-state index in [0.29, 0.717) is 31.6 Å². The molecule has 0 spiro atoms. The molecular formula is C18H21FN4O2. The third-order valence-electron chi connectivity index (χ3n) is 5.61. The van der Waals surface area contributed by atoms with Crippen LogP contribution in [0.2, 0.25) is 0 Å². The van der Waals surface area contributed by atoms with Gasteiger partial charge in [0.25, 0.3) is 0 Å². The molecule has 2 amide bonds. The van der Waals surface area contributed by atoms with E-state index in [-0.39, 0.29) is 41.3 Å². The van der Waals surface area contributed by atoms with Gasteiger partial charge < -0.3 is 5.32 Å². The Hall–Kier alpha value is -2.31. The molecule has 3 aliphatic rings. The van der Waals surface area contributed by atoms with Crippen LogP contribution >= 0.6 is 0 Å². The molecule has 2 bridgehead atoms. The molecule has 4 unspecified atom stereocenters. The predicted octanol–water partition coefficient (Wildman–Crippen LogP) is 1.79. The Kier molecular flexibility index (Phi) is 4.01. The van der Waals surface area contributed by atoms with E-state index in [9.17, 15) is 14.0 Å². The van der Waals surface area contributed by atoms with E-state index in [0.717, 1.165) is 6.42 Å². The summed E-state index contributed by atoms with van der Waals surface area (Å²) < 4.78 is 14.1. The molecule has 1 N–H and O–H groups in total. The summed E-state index contributed by atoms with van der Waals surface area (Å²) in [6.45, 7) is 2.64. The maximum atomic E-state index is 14.1. The van der Waals surface area contributed by atoms with Crippen LogP contribution in [0.4, 0.5) is 10.2 Å². The monoisotopic (exact) mass is 344 g/mol. The Morgan fingerprint density at radius 2 is 1.88 bits per heavy atom. The van der Waals surface area contributed by atoms with Gasteiger partial charge in [0, 0.05) is 13.1 Å². The van der Waals surface area contributed by atoms with Crippen molar-refractivity contribution in [3.05, 3.63) is 30.0 Å². The van der Waals surface area contributed by atoms with Crippen molar-refractivity contribution >= 4 is 17.6 Å². The summed E-state index contributed by atoms with van der Waals surface area (Å²) in [6, 6.07) is 0. The number of aryl methyl sites for hydroxylation is 1. The summed E-state index contributed by atoms with van der Waals surface area (Å²) in [4.78, 5) is 34.3. The van der Waals surface area contributed by atoms with E-state index in [2.05, 4.69) is 27.4 Å². The van der Waals surface area contributed by atoms with Gasteiger partial charge in [0.2, 0.25) is 11.8 Å². The highest BCUT2D eigenvalue weighted by Gasteiger charge is 2.58. The smallest absolute Gasteiger partial charge is 0.233 e. The second-order valence-electron chi connectivity index (χ2n) is 6.94. The van der Waals surface area contributed by atoms with Gasteiger partial charge in [-0.2, -0.15) is 0 Å². The van der Waals surface area contributed by atoms with Crippen molar-refractivity contribution in [3.8, 4) is 0 Å². The van der Waals surface area contributed by atoms with Crippen LogP contribution in [0.3, 0.4) is 0 Å². The first kappa shape index (κ1) is 16.2. The van der Waals surface area contributed by atoms with E-state index in [1.54, 1.807) is 0 Å². The summed E-state index contributed by atoms with van der Waals surface area (Å²) in [6.07, 6.45) is 7.51. The number of carbonyl (C=O) groups is 2. The van der Waals surface area contributed by atoms with Gasteiger partial charge in [-0.1, -0.05) is 19.1 Å². The second-order valence-corrected chi connectivity index (χ2v) is 6.94. The lowest BCUT2D eigenvalue weighted by Gasteiger charge is -2.17. The lowest BCUT2D eigenvalue weighted by atomic mass is 9.85. The molecular weight excluding hydrogens is 323 g/mol. The molecule has 25 heavy (non-hydrogen) atoms. The summed E-state index contributed by atoms with van der Waals surface area (Å²) in [5.41, 5.74) is 0.373. The number of allylic oxidation sites excluding steroid dienone is 2. The first-order valence-corrected chi connectivity index (χ1v) is 8.88. The molecule has 6 nitrogen and oxygen atoms in total. The molecule has 0 radical (unpaired) electrons. The number of rotatable bonds is 6. The Balaban J connectivity index is 1.33. The Labute approximate surface area is 145 Å². The van der Waals surface area contributed by atoms with Gasteiger partial charge in [-0.05, 0) is 31.1 Å². The van der Waals surface area contributed by atoms with Crippen molar-refractivity contribution in [1.82, 2.24) is 14.9 Å². The van der Waals surface area contributed by atoms with E-state index < -0.39 is 5.82 Å². The van der Waals surface area contributed by atoms with E-state index in [1.807, 2.05) is 6.92 Å². The number of halogens is 1. The maximum absolute atomic E-state index is 14.1. The fourth-order valence-corrected chi connectivity index (χ4v) is 4.40. The van der Waals surface area contributed by atoms with Crippen molar-refractivity contribution in [2.75, 3.05) is 18.4 Å². The van der Waals surface area contributed by atoms with Crippen LogP contribution in [0.25, 0.3) is 0 Å². The van der Waals surface area contributed by atoms with Gasteiger partial charge in [0.15, 0.2) is 11.6 Å². The highest BCUT2D eigenvalue weighted by molar-refractivity contribution is 6.06. The highest BCUT2D eigenvalue weighted by atomic mass is 19.1. The molecule has 2 fully saturated rings. The molecule has 2 heterocycles. The van der Waals surface area contributed by atoms with Crippen LogP contribution in [0, 0.1) is 29.5 Å². The zero-order valence-corrected chi connectivity index (χ0v) is 14.1. The Morgan fingerprint density at radius 1 is 1.20 bits per heavy atom. The highest BCUT2D eigenvalue weighted by Crippen LogP contribution is 2.52. The lowest BCUT2D eigenvalue weighted by Crippen LogP contribution is -2.34. The molecule has 2 aliphatic carbocycles. The zero-order chi connectivity index (χ0) is 17.6. The topological polar surface area (TPSA) is 75.2 Å². The number of hydrogen-bond acceptors (Lipinski definition) is 5. The van der Waals surface area contributed by atoms with Gasteiger partial charge in [-0.15, -0.1) is 0 Å². The fraction of sp³-hybridized carbons (Fsp3) is 0.556.